The summed E-state index contributed by atoms with van der Waals surface area (Å²) in [7, 11) is 4.97. The van der Waals surface area contributed by atoms with Crippen LogP contribution in [-0.4, -0.2) is 46.9 Å². The lowest BCUT2D eigenvalue weighted by Gasteiger charge is -2.20. The Morgan fingerprint density at radius 2 is 1.68 bits per heavy atom. The van der Waals surface area contributed by atoms with Crippen LogP contribution in [0.5, 0.6) is 17.2 Å². The molecule has 28 heavy (non-hydrogen) atoms. The second-order valence-electron chi connectivity index (χ2n) is 6.75. The molecule has 1 heterocycles. The van der Waals surface area contributed by atoms with Gasteiger partial charge in [-0.3, -0.25) is 4.99 Å². The van der Waals surface area contributed by atoms with E-state index in [1.54, 1.807) is 21.3 Å². The summed E-state index contributed by atoms with van der Waals surface area (Å²) in [5.41, 5.74) is 8.03. The Labute approximate surface area is 166 Å². The van der Waals surface area contributed by atoms with Crippen LogP contribution >= 0.6 is 0 Å². The molecule has 1 fully saturated rings. The first-order valence-electron chi connectivity index (χ1n) is 9.30. The summed E-state index contributed by atoms with van der Waals surface area (Å²) < 4.78 is 15.9. The molecule has 1 atom stereocenters. The summed E-state index contributed by atoms with van der Waals surface area (Å²) in [5, 5.41) is 3.12. The highest BCUT2D eigenvalue weighted by Gasteiger charge is 2.23. The standard InChI is InChI=1S/C21H28N4O3/c1-26-18-6-4-16(5-7-18)24-21(22)23-13-15-8-9-25(14-15)17-10-19(27-2)12-20(11-17)28-3/h4-7,10-12,15H,8-9,13-14H2,1-3H3,(H3,22,23,24). The predicted molar refractivity (Wildman–Crippen MR) is 113 cm³/mol. The smallest absolute Gasteiger partial charge is 0.193 e. The number of benzene rings is 2. The fraction of sp³-hybridized carbons (Fsp3) is 0.381. The minimum atomic E-state index is 0.423. The lowest BCUT2D eigenvalue weighted by molar-refractivity contribution is 0.394. The Balaban J connectivity index is 1.56. The monoisotopic (exact) mass is 384 g/mol. The van der Waals surface area contributed by atoms with Gasteiger partial charge < -0.3 is 30.2 Å². The fourth-order valence-electron chi connectivity index (χ4n) is 3.28. The molecule has 3 N–H and O–H groups in total. The number of ether oxygens (including phenoxy) is 3. The van der Waals surface area contributed by atoms with Gasteiger partial charge in [0, 0.05) is 49.2 Å². The number of nitrogens with two attached hydrogens (primary N) is 1. The lowest BCUT2D eigenvalue weighted by Crippen LogP contribution is -2.25. The van der Waals surface area contributed by atoms with E-state index in [1.807, 2.05) is 42.5 Å². The molecule has 0 saturated carbocycles. The predicted octanol–water partition coefficient (Wildman–Crippen LogP) is 2.97. The molecule has 1 aliphatic heterocycles. The quantitative estimate of drug-likeness (QED) is 0.564. The third-order valence-electron chi connectivity index (χ3n) is 4.87. The highest BCUT2D eigenvalue weighted by atomic mass is 16.5. The molecule has 3 rings (SSSR count). The second-order valence-corrected chi connectivity index (χ2v) is 6.75. The molecule has 0 aliphatic carbocycles. The van der Waals surface area contributed by atoms with Crippen molar-refractivity contribution in [3.8, 4) is 17.2 Å². The van der Waals surface area contributed by atoms with E-state index >= 15 is 0 Å². The molecule has 1 unspecified atom stereocenters. The summed E-state index contributed by atoms with van der Waals surface area (Å²) in [6.45, 7) is 2.59. The van der Waals surface area contributed by atoms with Gasteiger partial charge in [0.1, 0.15) is 17.2 Å². The van der Waals surface area contributed by atoms with Gasteiger partial charge in [-0.1, -0.05) is 0 Å². The minimum absolute atomic E-state index is 0.423. The second kappa shape index (κ2) is 9.21. The van der Waals surface area contributed by atoms with Crippen LogP contribution in [0.4, 0.5) is 11.4 Å². The lowest BCUT2D eigenvalue weighted by atomic mass is 10.1. The number of guanidine groups is 1. The molecule has 1 aliphatic rings. The summed E-state index contributed by atoms with van der Waals surface area (Å²) in [6, 6.07) is 13.5. The molecule has 7 heteroatoms. The van der Waals surface area contributed by atoms with Crippen molar-refractivity contribution in [1.29, 1.82) is 0 Å². The van der Waals surface area contributed by atoms with Crippen molar-refractivity contribution in [2.45, 2.75) is 6.42 Å². The maximum atomic E-state index is 6.04. The largest absolute Gasteiger partial charge is 0.497 e. The zero-order chi connectivity index (χ0) is 19.9. The van der Waals surface area contributed by atoms with Gasteiger partial charge in [0.05, 0.1) is 21.3 Å². The molecule has 0 radical (unpaired) electrons. The normalized spacial score (nSPS) is 16.8. The first-order chi connectivity index (χ1) is 13.6. The number of aliphatic imine (C=N–C) groups is 1. The summed E-state index contributed by atoms with van der Waals surface area (Å²) in [5.74, 6) is 3.27. The van der Waals surface area contributed by atoms with Crippen molar-refractivity contribution in [3.63, 3.8) is 0 Å². The number of rotatable bonds is 7. The number of anilines is 2. The first kappa shape index (κ1) is 19.7. The maximum Gasteiger partial charge on any atom is 0.193 e. The SMILES string of the molecule is COc1ccc(NC(N)=NCC2CCN(c3cc(OC)cc(OC)c3)C2)cc1. The van der Waals surface area contributed by atoms with Crippen molar-refractivity contribution in [3.05, 3.63) is 42.5 Å². The summed E-state index contributed by atoms with van der Waals surface area (Å²) in [4.78, 5) is 6.85. The van der Waals surface area contributed by atoms with Crippen LogP contribution in [0.2, 0.25) is 0 Å². The summed E-state index contributed by atoms with van der Waals surface area (Å²) in [6.07, 6.45) is 1.07. The molecule has 0 amide bonds. The molecule has 0 spiro atoms. The van der Waals surface area contributed by atoms with Gasteiger partial charge in [-0.05, 0) is 36.6 Å². The Kier molecular flexibility index (Phi) is 6.47. The molecular formula is C21H28N4O3. The maximum absolute atomic E-state index is 6.04. The summed E-state index contributed by atoms with van der Waals surface area (Å²) >= 11 is 0. The van der Waals surface area contributed by atoms with Crippen molar-refractivity contribution in [1.82, 2.24) is 0 Å². The van der Waals surface area contributed by atoms with E-state index in [4.69, 9.17) is 19.9 Å². The Morgan fingerprint density at radius 3 is 2.29 bits per heavy atom. The topological polar surface area (TPSA) is 81.3 Å². The minimum Gasteiger partial charge on any atom is -0.497 e. The number of hydrogen-bond donors (Lipinski definition) is 2. The average Bonchev–Trinajstić information content (AvgIpc) is 3.21. The van der Waals surface area contributed by atoms with Crippen LogP contribution in [0.3, 0.4) is 0 Å². The van der Waals surface area contributed by atoms with Crippen LogP contribution in [0.1, 0.15) is 6.42 Å². The average molecular weight is 384 g/mol. The number of nitrogens with one attached hydrogen (secondary N) is 1. The van der Waals surface area contributed by atoms with Gasteiger partial charge in [-0.2, -0.15) is 0 Å². The third-order valence-corrected chi connectivity index (χ3v) is 4.87. The van der Waals surface area contributed by atoms with E-state index in [0.717, 1.165) is 48.1 Å². The number of hydrogen-bond acceptors (Lipinski definition) is 5. The van der Waals surface area contributed by atoms with Crippen LogP contribution in [0.25, 0.3) is 0 Å². The molecule has 0 aromatic heterocycles. The van der Waals surface area contributed by atoms with Crippen LogP contribution in [0, 0.1) is 5.92 Å². The molecule has 1 saturated heterocycles. The molecule has 0 bridgehead atoms. The van der Waals surface area contributed by atoms with Gasteiger partial charge in [-0.25, -0.2) is 0 Å². The number of nitrogens with zero attached hydrogens (tertiary/aromatic N) is 2. The van der Waals surface area contributed by atoms with Crippen LogP contribution < -0.4 is 30.2 Å². The van der Waals surface area contributed by atoms with Crippen molar-refractivity contribution in [2.75, 3.05) is 51.2 Å². The zero-order valence-corrected chi connectivity index (χ0v) is 16.6. The van der Waals surface area contributed by atoms with E-state index in [-0.39, 0.29) is 0 Å². The van der Waals surface area contributed by atoms with Crippen molar-refractivity contribution >= 4 is 17.3 Å². The zero-order valence-electron chi connectivity index (χ0n) is 16.6. The Morgan fingerprint density at radius 1 is 1.04 bits per heavy atom. The van der Waals surface area contributed by atoms with Gasteiger partial charge in [0.2, 0.25) is 0 Å². The van der Waals surface area contributed by atoms with E-state index in [9.17, 15) is 0 Å². The van der Waals surface area contributed by atoms with Crippen LogP contribution in [-0.2, 0) is 0 Å². The third kappa shape index (κ3) is 5.00. The van der Waals surface area contributed by atoms with Crippen LogP contribution in [0.15, 0.2) is 47.5 Å². The Bertz CT molecular complexity index is 786. The number of methoxy groups -OCH3 is 3. The molecule has 2 aromatic carbocycles. The van der Waals surface area contributed by atoms with Gasteiger partial charge >= 0.3 is 0 Å². The molecule has 150 valence electrons. The highest BCUT2D eigenvalue weighted by molar-refractivity contribution is 5.92. The fourth-order valence-corrected chi connectivity index (χ4v) is 3.28. The first-order valence-corrected chi connectivity index (χ1v) is 9.30. The van der Waals surface area contributed by atoms with Crippen molar-refractivity contribution < 1.29 is 14.2 Å². The van der Waals surface area contributed by atoms with Gasteiger partial charge in [-0.15, -0.1) is 0 Å². The van der Waals surface area contributed by atoms with E-state index in [0.29, 0.717) is 18.4 Å². The van der Waals surface area contributed by atoms with E-state index in [1.165, 1.54) is 0 Å². The van der Waals surface area contributed by atoms with E-state index in [2.05, 4.69) is 15.2 Å². The molecule has 2 aromatic rings. The van der Waals surface area contributed by atoms with Crippen molar-refractivity contribution in [2.24, 2.45) is 16.6 Å². The van der Waals surface area contributed by atoms with Gasteiger partial charge in [0.15, 0.2) is 5.96 Å². The van der Waals surface area contributed by atoms with Gasteiger partial charge in [0.25, 0.3) is 0 Å². The molecule has 7 nitrogen and oxygen atoms in total. The highest BCUT2D eigenvalue weighted by Crippen LogP contribution is 2.31. The molecular weight excluding hydrogens is 356 g/mol. The van der Waals surface area contributed by atoms with E-state index < -0.39 is 0 Å². The Hall–Kier alpha value is -3.09.